The Morgan fingerprint density at radius 1 is 0.955 bits per heavy atom. The number of carboxylic acid groups (broad SMARTS) is 2. The van der Waals surface area contributed by atoms with Crippen molar-refractivity contribution in [1.82, 2.24) is 0 Å². The molecule has 0 aliphatic rings. The van der Waals surface area contributed by atoms with Gasteiger partial charge in [-0.1, -0.05) is 0 Å². The number of hydrogen-bond donors (Lipinski definition) is 6. The van der Waals surface area contributed by atoms with E-state index in [2.05, 4.69) is 9.98 Å². The van der Waals surface area contributed by atoms with Crippen molar-refractivity contribution in [2.24, 2.45) is 32.9 Å². The van der Waals surface area contributed by atoms with Crippen LogP contribution in [0.4, 0.5) is 0 Å². The first-order chi connectivity index (χ1) is 9.94. The molecule has 0 heterocycles. The van der Waals surface area contributed by atoms with Crippen molar-refractivity contribution in [3.63, 3.8) is 0 Å². The first-order valence-electron chi connectivity index (χ1n) is 5.44. The maximum absolute atomic E-state index is 11.8. The summed E-state index contributed by atoms with van der Waals surface area (Å²) in [5, 5.41) is 17.7. The highest BCUT2D eigenvalue weighted by atomic mass is 33.1. The molecule has 0 bridgehead atoms. The summed E-state index contributed by atoms with van der Waals surface area (Å²) < 4.78 is 23.6. The Morgan fingerprint density at radius 2 is 1.36 bits per heavy atom. The molecule has 126 valence electrons. The van der Waals surface area contributed by atoms with Crippen LogP contribution in [0.5, 0.6) is 0 Å². The van der Waals surface area contributed by atoms with Crippen LogP contribution in [0.2, 0.25) is 0 Å². The zero-order chi connectivity index (χ0) is 17.5. The van der Waals surface area contributed by atoms with Crippen molar-refractivity contribution < 1.29 is 28.2 Å². The van der Waals surface area contributed by atoms with Crippen LogP contribution in [0.1, 0.15) is 0 Å². The van der Waals surface area contributed by atoms with Gasteiger partial charge in [-0.2, -0.15) is 0 Å². The monoisotopic (exact) mass is 356 g/mol. The van der Waals surface area contributed by atoms with Crippen LogP contribution in [0.25, 0.3) is 0 Å². The average molecular weight is 356 g/mol. The lowest BCUT2D eigenvalue weighted by atomic mass is 10.4. The Labute approximate surface area is 129 Å². The summed E-state index contributed by atoms with van der Waals surface area (Å²) in [5.41, 5.74) is 20.1. The van der Waals surface area contributed by atoms with Gasteiger partial charge in [-0.25, -0.2) is 28.0 Å². The molecule has 0 aliphatic heterocycles. The molecule has 0 saturated carbocycles. The Kier molecular flexibility index (Phi) is 7.44. The van der Waals surface area contributed by atoms with Gasteiger partial charge in [0.2, 0.25) is 8.87 Å². The molecule has 12 nitrogen and oxygen atoms in total. The van der Waals surface area contributed by atoms with Crippen LogP contribution >= 0.6 is 10.8 Å². The maximum atomic E-state index is 11.8. The van der Waals surface area contributed by atoms with Crippen molar-refractivity contribution in [3.8, 4) is 0 Å². The predicted molar refractivity (Wildman–Crippen MR) is 80.7 cm³/mol. The van der Waals surface area contributed by atoms with Crippen LogP contribution in [-0.4, -0.2) is 66.1 Å². The Morgan fingerprint density at radius 3 is 1.73 bits per heavy atom. The minimum atomic E-state index is -4.03. The largest absolute Gasteiger partial charge is 0.480 e. The van der Waals surface area contributed by atoms with Crippen LogP contribution in [0.3, 0.4) is 0 Å². The molecule has 0 amide bonds. The highest BCUT2D eigenvalue weighted by Gasteiger charge is 2.28. The highest BCUT2D eigenvalue weighted by Crippen LogP contribution is 2.18. The van der Waals surface area contributed by atoms with Gasteiger partial charge in [0.25, 0.3) is 0 Å². The van der Waals surface area contributed by atoms with Crippen molar-refractivity contribution in [3.05, 3.63) is 0 Å². The van der Waals surface area contributed by atoms with Gasteiger partial charge in [-0.15, -0.1) is 0 Å². The average Bonchev–Trinajstić information content (AvgIpc) is 2.31. The van der Waals surface area contributed by atoms with E-state index < -0.39 is 56.3 Å². The number of rotatable bonds is 9. The standard InChI is InChI=1S/C8H16N6O6S2/c9-7(10)13-3(5(15)16)1-21-22(19,20)2-4(6(17)18)14-8(11)12/h3-4H,1-2H2,(H,15,16)(H,17,18)(H4,9,10,13)(H4,11,12,14). The van der Waals surface area contributed by atoms with Gasteiger partial charge in [0.1, 0.15) is 0 Å². The lowest BCUT2D eigenvalue weighted by Gasteiger charge is -2.10. The molecule has 2 unspecified atom stereocenters. The highest BCUT2D eigenvalue weighted by molar-refractivity contribution is 8.72. The number of carboxylic acids is 2. The molecule has 22 heavy (non-hydrogen) atoms. The van der Waals surface area contributed by atoms with Gasteiger partial charge in [-0.3, -0.25) is 0 Å². The summed E-state index contributed by atoms with van der Waals surface area (Å²) in [6.45, 7) is 0. The molecule has 0 fully saturated rings. The van der Waals surface area contributed by atoms with E-state index in [0.29, 0.717) is 0 Å². The van der Waals surface area contributed by atoms with E-state index in [0.717, 1.165) is 0 Å². The summed E-state index contributed by atoms with van der Waals surface area (Å²) in [6.07, 6.45) is 0. The van der Waals surface area contributed by atoms with Crippen molar-refractivity contribution in [2.45, 2.75) is 12.1 Å². The van der Waals surface area contributed by atoms with E-state index in [1.807, 2.05) is 0 Å². The topological polar surface area (TPSA) is 238 Å². The number of carbonyl (C=O) groups is 2. The van der Waals surface area contributed by atoms with Gasteiger partial charge >= 0.3 is 11.9 Å². The molecule has 0 aliphatic carbocycles. The second-order valence-electron chi connectivity index (χ2n) is 3.82. The van der Waals surface area contributed by atoms with E-state index in [9.17, 15) is 18.0 Å². The number of aliphatic carboxylic acids is 2. The number of nitrogens with two attached hydrogens (primary N) is 4. The number of nitrogens with zero attached hydrogens (tertiary/aromatic N) is 2. The maximum Gasteiger partial charge on any atom is 0.329 e. The molecule has 0 radical (unpaired) electrons. The SMILES string of the molecule is NC(N)=NC(CSS(=O)(=O)CC(N=C(N)N)C(=O)O)C(=O)O. The lowest BCUT2D eigenvalue weighted by molar-refractivity contribution is -0.138. The second-order valence-corrected chi connectivity index (χ2v) is 8.07. The molecule has 0 rings (SSSR count). The van der Waals surface area contributed by atoms with E-state index >= 15 is 0 Å². The second kappa shape index (κ2) is 8.28. The van der Waals surface area contributed by atoms with Gasteiger partial charge in [0, 0.05) is 5.75 Å². The van der Waals surface area contributed by atoms with Crippen molar-refractivity contribution in [2.75, 3.05) is 11.5 Å². The Balaban J connectivity index is 4.96. The molecular weight excluding hydrogens is 340 g/mol. The van der Waals surface area contributed by atoms with Gasteiger partial charge in [-0.05, 0) is 10.8 Å². The fourth-order valence-corrected chi connectivity index (χ4v) is 4.03. The minimum Gasteiger partial charge on any atom is -0.480 e. The summed E-state index contributed by atoms with van der Waals surface area (Å²) in [6, 6.07) is -3.19. The zero-order valence-electron chi connectivity index (χ0n) is 11.1. The summed E-state index contributed by atoms with van der Waals surface area (Å²) in [5.74, 6) is -5.51. The third-order valence-corrected chi connectivity index (χ3v) is 5.38. The van der Waals surface area contributed by atoms with Crippen molar-refractivity contribution in [1.29, 1.82) is 0 Å². The fraction of sp³-hybridized carbons (Fsp3) is 0.500. The lowest BCUT2D eigenvalue weighted by Crippen LogP contribution is -2.33. The van der Waals surface area contributed by atoms with Crippen molar-refractivity contribution >= 4 is 43.5 Å². The molecule has 0 aromatic rings. The third-order valence-electron chi connectivity index (χ3n) is 1.95. The Hall–Kier alpha value is -2.22. The number of aliphatic imine (C=N–C) groups is 2. The number of guanidine groups is 2. The fourth-order valence-electron chi connectivity index (χ4n) is 1.10. The Bertz CT molecular complexity index is 580. The molecule has 0 aromatic carbocycles. The van der Waals surface area contributed by atoms with Gasteiger partial charge in [0.05, 0.1) is 5.75 Å². The smallest absolute Gasteiger partial charge is 0.329 e. The van der Waals surface area contributed by atoms with E-state index in [4.69, 9.17) is 33.1 Å². The van der Waals surface area contributed by atoms with Gasteiger partial charge in [0.15, 0.2) is 24.0 Å². The molecule has 0 saturated heterocycles. The van der Waals surface area contributed by atoms with E-state index in [1.165, 1.54) is 0 Å². The molecule has 0 aromatic heterocycles. The van der Waals surface area contributed by atoms with Crippen LogP contribution < -0.4 is 22.9 Å². The minimum absolute atomic E-state index is 0.189. The van der Waals surface area contributed by atoms with Crippen LogP contribution in [-0.2, 0) is 18.5 Å². The molecule has 0 spiro atoms. The normalized spacial score (nSPS) is 13.6. The third kappa shape index (κ3) is 8.15. The first-order valence-corrected chi connectivity index (χ1v) is 8.60. The van der Waals surface area contributed by atoms with Crippen LogP contribution in [0.15, 0.2) is 9.98 Å². The summed E-state index contributed by atoms with van der Waals surface area (Å²) in [7, 11) is -3.84. The molecule has 2 atom stereocenters. The molecule has 10 N–H and O–H groups in total. The molecular formula is C8H16N6O6S2. The predicted octanol–water partition coefficient (Wildman–Crippen LogP) is -3.50. The van der Waals surface area contributed by atoms with Gasteiger partial charge < -0.3 is 33.1 Å². The first kappa shape index (κ1) is 19.8. The van der Waals surface area contributed by atoms with E-state index in [1.54, 1.807) is 0 Å². The van der Waals surface area contributed by atoms with Crippen LogP contribution in [0, 0.1) is 0 Å². The quantitative estimate of drug-likeness (QED) is 0.134. The summed E-state index contributed by atoms with van der Waals surface area (Å²) in [4.78, 5) is 28.3. The van der Waals surface area contributed by atoms with E-state index in [-0.39, 0.29) is 10.8 Å². The summed E-state index contributed by atoms with van der Waals surface area (Å²) >= 11 is 0. The molecule has 14 heteroatoms. The zero-order valence-corrected chi connectivity index (χ0v) is 12.7. The number of hydrogen-bond acceptors (Lipinski definition) is 7.